The van der Waals surface area contributed by atoms with Crippen molar-refractivity contribution in [2.75, 3.05) is 0 Å². The Labute approximate surface area is 102 Å². The SMILES string of the molecule is CCC(C)(N)C(=O)NC1CCCCC1C(=O)O. The third kappa shape index (κ3) is 3.43. The van der Waals surface area contributed by atoms with Gasteiger partial charge in [0.05, 0.1) is 11.5 Å². The molecule has 1 aliphatic rings. The minimum absolute atomic E-state index is 0.252. The van der Waals surface area contributed by atoms with E-state index in [4.69, 9.17) is 10.8 Å². The molecule has 98 valence electrons. The fraction of sp³-hybridized carbons (Fsp3) is 0.833. The lowest BCUT2D eigenvalue weighted by Gasteiger charge is -2.32. The van der Waals surface area contributed by atoms with Gasteiger partial charge >= 0.3 is 5.97 Å². The normalized spacial score (nSPS) is 28.2. The fourth-order valence-corrected chi connectivity index (χ4v) is 2.09. The molecule has 5 heteroatoms. The molecule has 0 aliphatic heterocycles. The third-order valence-electron chi connectivity index (χ3n) is 3.65. The Balaban J connectivity index is 2.65. The van der Waals surface area contributed by atoms with Gasteiger partial charge in [-0.15, -0.1) is 0 Å². The van der Waals surface area contributed by atoms with Gasteiger partial charge in [0, 0.05) is 6.04 Å². The summed E-state index contributed by atoms with van der Waals surface area (Å²) in [5.74, 6) is -1.55. The predicted molar refractivity (Wildman–Crippen MR) is 64.4 cm³/mol. The summed E-state index contributed by atoms with van der Waals surface area (Å²) in [6.45, 7) is 3.51. The highest BCUT2D eigenvalue weighted by atomic mass is 16.4. The Hall–Kier alpha value is -1.10. The molecule has 0 bridgehead atoms. The van der Waals surface area contributed by atoms with Crippen molar-refractivity contribution >= 4 is 11.9 Å². The maximum Gasteiger partial charge on any atom is 0.308 e. The van der Waals surface area contributed by atoms with E-state index >= 15 is 0 Å². The van der Waals surface area contributed by atoms with Crippen LogP contribution in [-0.2, 0) is 9.59 Å². The van der Waals surface area contributed by atoms with E-state index in [1.54, 1.807) is 6.92 Å². The maximum atomic E-state index is 11.9. The molecule has 3 atom stereocenters. The zero-order valence-electron chi connectivity index (χ0n) is 10.5. The van der Waals surface area contributed by atoms with Crippen LogP contribution in [0.5, 0.6) is 0 Å². The highest BCUT2D eigenvalue weighted by Gasteiger charge is 2.35. The molecule has 0 spiro atoms. The highest BCUT2D eigenvalue weighted by molar-refractivity contribution is 5.86. The smallest absolute Gasteiger partial charge is 0.308 e. The predicted octanol–water partition coefficient (Wildman–Crippen LogP) is 0.873. The van der Waals surface area contributed by atoms with Crippen LogP contribution in [0, 0.1) is 5.92 Å². The average molecular weight is 242 g/mol. The fourth-order valence-electron chi connectivity index (χ4n) is 2.09. The van der Waals surface area contributed by atoms with Gasteiger partial charge in [0.15, 0.2) is 0 Å². The number of carboxylic acids is 1. The number of aliphatic carboxylic acids is 1. The number of nitrogens with one attached hydrogen (secondary N) is 1. The van der Waals surface area contributed by atoms with E-state index in [9.17, 15) is 9.59 Å². The molecular weight excluding hydrogens is 220 g/mol. The second-order valence-corrected chi connectivity index (χ2v) is 5.08. The molecule has 1 fully saturated rings. The number of carboxylic acid groups (broad SMARTS) is 1. The molecule has 1 amide bonds. The maximum absolute atomic E-state index is 11.9. The minimum atomic E-state index is -0.916. The van der Waals surface area contributed by atoms with Gasteiger partial charge in [-0.3, -0.25) is 9.59 Å². The van der Waals surface area contributed by atoms with Crippen molar-refractivity contribution < 1.29 is 14.7 Å². The van der Waals surface area contributed by atoms with E-state index in [-0.39, 0.29) is 11.9 Å². The van der Waals surface area contributed by atoms with Gasteiger partial charge in [-0.25, -0.2) is 0 Å². The summed E-state index contributed by atoms with van der Waals surface area (Å²) < 4.78 is 0. The first-order valence-corrected chi connectivity index (χ1v) is 6.21. The number of carbonyl (C=O) groups is 2. The first kappa shape index (κ1) is 14.0. The van der Waals surface area contributed by atoms with Gasteiger partial charge < -0.3 is 16.2 Å². The molecule has 1 saturated carbocycles. The van der Waals surface area contributed by atoms with Crippen LogP contribution < -0.4 is 11.1 Å². The summed E-state index contributed by atoms with van der Waals surface area (Å²) in [6, 6.07) is -0.275. The lowest BCUT2D eigenvalue weighted by atomic mass is 9.84. The van der Waals surface area contributed by atoms with E-state index in [0.717, 1.165) is 19.3 Å². The molecular formula is C12H22N2O3. The van der Waals surface area contributed by atoms with Crippen LogP contribution in [0.3, 0.4) is 0 Å². The molecule has 1 rings (SSSR count). The third-order valence-corrected chi connectivity index (χ3v) is 3.65. The van der Waals surface area contributed by atoms with Gasteiger partial charge in [-0.05, 0) is 26.2 Å². The van der Waals surface area contributed by atoms with Crippen molar-refractivity contribution in [3.63, 3.8) is 0 Å². The largest absolute Gasteiger partial charge is 0.481 e. The summed E-state index contributed by atoms with van der Waals surface area (Å²) in [4.78, 5) is 23.0. The van der Waals surface area contributed by atoms with Crippen LogP contribution >= 0.6 is 0 Å². The van der Waals surface area contributed by atoms with Crippen molar-refractivity contribution in [1.82, 2.24) is 5.32 Å². The Morgan fingerprint density at radius 1 is 1.41 bits per heavy atom. The van der Waals surface area contributed by atoms with E-state index < -0.39 is 17.4 Å². The molecule has 3 unspecified atom stereocenters. The summed E-state index contributed by atoms with van der Waals surface area (Å²) in [6.07, 6.45) is 3.76. The summed E-state index contributed by atoms with van der Waals surface area (Å²) in [7, 11) is 0. The lowest BCUT2D eigenvalue weighted by Crippen LogP contribution is -2.56. The molecule has 4 N–H and O–H groups in total. The summed E-state index contributed by atoms with van der Waals surface area (Å²) in [5.41, 5.74) is 4.92. The zero-order chi connectivity index (χ0) is 13.1. The van der Waals surface area contributed by atoms with Crippen LogP contribution in [0.4, 0.5) is 0 Å². The van der Waals surface area contributed by atoms with Crippen molar-refractivity contribution in [1.29, 1.82) is 0 Å². The minimum Gasteiger partial charge on any atom is -0.481 e. The number of hydrogen-bond acceptors (Lipinski definition) is 3. The number of rotatable bonds is 4. The van der Waals surface area contributed by atoms with Crippen LogP contribution in [0.25, 0.3) is 0 Å². The van der Waals surface area contributed by atoms with Gasteiger partial charge in [-0.1, -0.05) is 19.8 Å². The van der Waals surface area contributed by atoms with Crippen LogP contribution in [0.1, 0.15) is 46.0 Å². The van der Waals surface area contributed by atoms with Gasteiger partial charge in [0.1, 0.15) is 0 Å². The average Bonchev–Trinajstić information content (AvgIpc) is 2.29. The van der Waals surface area contributed by atoms with Crippen molar-refractivity contribution in [2.45, 2.75) is 57.5 Å². The number of amides is 1. The van der Waals surface area contributed by atoms with Crippen LogP contribution in [0.2, 0.25) is 0 Å². The Kier molecular flexibility index (Phi) is 4.51. The molecule has 0 aromatic heterocycles. The van der Waals surface area contributed by atoms with E-state index in [1.807, 2.05) is 6.92 Å². The Bertz CT molecular complexity index is 302. The van der Waals surface area contributed by atoms with Crippen LogP contribution in [-0.4, -0.2) is 28.6 Å². The van der Waals surface area contributed by atoms with Gasteiger partial charge in [-0.2, -0.15) is 0 Å². The molecule has 0 heterocycles. The first-order chi connectivity index (χ1) is 7.88. The molecule has 0 saturated heterocycles. The van der Waals surface area contributed by atoms with E-state index in [0.29, 0.717) is 12.8 Å². The van der Waals surface area contributed by atoms with Crippen molar-refractivity contribution in [3.05, 3.63) is 0 Å². The van der Waals surface area contributed by atoms with Crippen molar-refractivity contribution in [3.8, 4) is 0 Å². The van der Waals surface area contributed by atoms with Crippen LogP contribution in [0.15, 0.2) is 0 Å². The van der Waals surface area contributed by atoms with E-state index in [1.165, 1.54) is 0 Å². The highest BCUT2D eigenvalue weighted by Crippen LogP contribution is 2.25. The molecule has 1 aliphatic carbocycles. The molecule has 17 heavy (non-hydrogen) atoms. The number of carbonyl (C=O) groups excluding carboxylic acids is 1. The number of hydrogen-bond donors (Lipinski definition) is 3. The molecule has 0 aromatic carbocycles. The molecule has 0 aromatic rings. The topological polar surface area (TPSA) is 92.4 Å². The van der Waals surface area contributed by atoms with E-state index in [2.05, 4.69) is 5.32 Å². The Morgan fingerprint density at radius 2 is 2.00 bits per heavy atom. The molecule has 0 radical (unpaired) electrons. The number of nitrogens with two attached hydrogens (primary N) is 1. The summed E-state index contributed by atoms with van der Waals surface area (Å²) >= 11 is 0. The monoisotopic (exact) mass is 242 g/mol. The van der Waals surface area contributed by atoms with Gasteiger partial charge in [0.2, 0.25) is 5.91 Å². The van der Waals surface area contributed by atoms with Crippen molar-refractivity contribution in [2.24, 2.45) is 11.7 Å². The standard InChI is InChI=1S/C12H22N2O3/c1-3-12(2,13)11(17)14-9-7-5-4-6-8(9)10(15)16/h8-9H,3-7,13H2,1-2H3,(H,14,17)(H,15,16). The lowest BCUT2D eigenvalue weighted by molar-refractivity contribution is -0.144. The first-order valence-electron chi connectivity index (χ1n) is 6.21. The quantitative estimate of drug-likeness (QED) is 0.682. The second-order valence-electron chi connectivity index (χ2n) is 5.08. The Morgan fingerprint density at radius 3 is 2.53 bits per heavy atom. The van der Waals surface area contributed by atoms with Gasteiger partial charge in [0.25, 0.3) is 0 Å². The summed E-state index contributed by atoms with van der Waals surface area (Å²) in [5, 5.41) is 11.9. The molecule has 5 nitrogen and oxygen atoms in total. The zero-order valence-corrected chi connectivity index (χ0v) is 10.5. The second kappa shape index (κ2) is 5.49.